The Hall–Kier alpha value is -1.55. The van der Waals surface area contributed by atoms with Crippen LogP contribution in [0.1, 0.15) is 44.7 Å². The van der Waals surface area contributed by atoms with Gasteiger partial charge in [-0.3, -0.25) is 0 Å². The average Bonchev–Trinajstić information content (AvgIpc) is 2.46. The van der Waals surface area contributed by atoms with Crippen molar-refractivity contribution in [3.63, 3.8) is 0 Å². The van der Waals surface area contributed by atoms with Crippen LogP contribution in [0.3, 0.4) is 0 Å². The Morgan fingerprint density at radius 1 is 1.30 bits per heavy atom. The molecule has 0 saturated carbocycles. The molecule has 1 aromatic carbocycles. The Bertz CT molecular complexity index is 418. The molecule has 3 N–H and O–H groups in total. The van der Waals surface area contributed by atoms with Gasteiger partial charge in [0.05, 0.1) is 13.2 Å². The Balaban J connectivity index is 2.60. The van der Waals surface area contributed by atoms with Crippen LogP contribution in [0.25, 0.3) is 0 Å². The molecule has 1 rings (SSSR count). The largest absolute Gasteiger partial charge is 0.377 e. The van der Waals surface area contributed by atoms with Gasteiger partial charge in [0.1, 0.15) is 0 Å². The van der Waals surface area contributed by atoms with Crippen molar-refractivity contribution in [2.24, 2.45) is 10.7 Å². The molecule has 0 amide bonds. The predicted molar refractivity (Wildman–Crippen MR) is 84.6 cm³/mol. The molecule has 0 aliphatic rings. The number of ether oxygens (including phenoxy) is 1. The zero-order valence-corrected chi connectivity index (χ0v) is 12.9. The van der Waals surface area contributed by atoms with Gasteiger partial charge in [-0.05, 0) is 30.9 Å². The van der Waals surface area contributed by atoms with Gasteiger partial charge in [0.2, 0.25) is 0 Å². The van der Waals surface area contributed by atoms with Crippen LogP contribution in [0.4, 0.5) is 0 Å². The lowest BCUT2D eigenvalue weighted by molar-refractivity contribution is 0.121. The normalized spacial score (nSPS) is 13.2. The summed E-state index contributed by atoms with van der Waals surface area (Å²) in [6.45, 7) is 8.33. The molecular formula is C16H27N3O. The second-order valence-corrected chi connectivity index (χ2v) is 4.98. The van der Waals surface area contributed by atoms with Gasteiger partial charge in [0.15, 0.2) is 5.96 Å². The van der Waals surface area contributed by atoms with Crippen LogP contribution in [-0.4, -0.2) is 18.6 Å². The molecule has 0 fully saturated rings. The molecule has 4 heteroatoms. The molecule has 0 heterocycles. The molecule has 112 valence electrons. The van der Waals surface area contributed by atoms with Gasteiger partial charge in [-0.1, -0.05) is 38.1 Å². The van der Waals surface area contributed by atoms with E-state index < -0.39 is 0 Å². The van der Waals surface area contributed by atoms with E-state index in [0.717, 1.165) is 25.0 Å². The van der Waals surface area contributed by atoms with Gasteiger partial charge in [-0.25, -0.2) is 4.99 Å². The zero-order valence-electron chi connectivity index (χ0n) is 12.9. The van der Waals surface area contributed by atoms with Crippen LogP contribution in [0.15, 0.2) is 29.3 Å². The number of guanidine groups is 1. The molecule has 1 atom stereocenters. The highest BCUT2D eigenvalue weighted by atomic mass is 16.5. The number of hydrogen-bond acceptors (Lipinski definition) is 2. The monoisotopic (exact) mass is 277 g/mol. The first-order valence-electron chi connectivity index (χ1n) is 7.38. The fourth-order valence-electron chi connectivity index (χ4n) is 1.75. The summed E-state index contributed by atoms with van der Waals surface area (Å²) in [7, 11) is 0. The number of nitrogens with one attached hydrogen (secondary N) is 1. The van der Waals surface area contributed by atoms with Crippen molar-refractivity contribution in [3.8, 4) is 0 Å². The van der Waals surface area contributed by atoms with Gasteiger partial charge in [-0.15, -0.1) is 0 Å². The van der Waals surface area contributed by atoms with Gasteiger partial charge in [0.25, 0.3) is 0 Å². The van der Waals surface area contributed by atoms with E-state index in [1.807, 2.05) is 12.1 Å². The second kappa shape index (κ2) is 9.37. The summed E-state index contributed by atoms with van der Waals surface area (Å²) in [4.78, 5) is 4.40. The molecule has 0 aromatic heterocycles. The number of rotatable bonds is 8. The first kappa shape index (κ1) is 16.5. The fourth-order valence-corrected chi connectivity index (χ4v) is 1.75. The SMILES string of the molecule is CCCOCc1ccccc1CN=C(N)NC(C)CC. The van der Waals surface area contributed by atoms with Crippen molar-refractivity contribution in [1.29, 1.82) is 0 Å². The molecule has 0 bridgehead atoms. The Morgan fingerprint density at radius 3 is 2.65 bits per heavy atom. The Morgan fingerprint density at radius 2 is 2.00 bits per heavy atom. The summed E-state index contributed by atoms with van der Waals surface area (Å²) in [6.07, 6.45) is 2.06. The minimum atomic E-state index is 0.349. The molecule has 1 aromatic rings. The fraction of sp³-hybridized carbons (Fsp3) is 0.562. The number of nitrogens with zero attached hydrogens (tertiary/aromatic N) is 1. The molecule has 0 aliphatic heterocycles. The van der Waals surface area contributed by atoms with Crippen molar-refractivity contribution in [2.75, 3.05) is 6.61 Å². The third-order valence-corrected chi connectivity index (χ3v) is 3.15. The lowest BCUT2D eigenvalue weighted by atomic mass is 10.1. The number of benzene rings is 1. The minimum Gasteiger partial charge on any atom is -0.377 e. The Labute approximate surface area is 122 Å². The van der Waals surface area contributed by atoms with Crippen molar-refractivity contribution in [1.82, 2.24) is 5.32 Å². The molecule has 0 aliphatic carbocycles. The maximum atomic E-state index is 5.88. The summed E-state index contributed by atoms with van der Waals surface area (Å²) in [5, 5.41) is 3.17. The maximum Gasteiger partial charge on any atom is 0.189 e. The van der Waals surface area contributed by atoms with E-state index in [1.54, 1.807) is 0 Å². The standard InChI is InChI=1S/C16H27N3O/c1-4-10-20-12-15-9-7-6-8-14(15)11-18-16(17)19-13(3)5-2/h6-9,13H,4-5,10-12H2,1-3H3,(H3,17,18,19). The van der Waals surface area contributed by atoms with E-state index in [4.69, 9.17) is 10.5 Å². The van der Waals surface area contributed by atoms with Crippen molar-refractivity contribution < 1.29 is 4.74 Å². The minimum absolute atomic E-state index is 0.349. The molecule has 4 nitrogen and oxygen atoms in total. The van der Waals surface area contributed by atoms with Crippen LogP contribution in [0.2, 0.25) is 0 Å². The molecule has 0 radical (unpaired) electrons. The highest BCUT2D eigenvalue weighted by Crippen LogP contribution is 2.11. The van der Waals surface area contributed by atoms with E-state index in [-0.39, 0.29) is 0 Å². The third kappa shape index (κ3) is 6.06. The summed E-state index contributed by atoms with van der Waals surface area (Å²) in [5.74, 6) is 0.503. The van der Waals surface area contributed by atoms with Gasteiger partial charge >= 0.3 is 0 Å². The highest BCUT2D eigenvalue weighted by molar-refractivity contribution is 5.78. The quantitative estimate of drug-likeness (QED) is 0.436. The third-order valence-electron chi connectivity index (χ3n) is 3.15. The van der Waals surface area contributed by atoms with E-state index in [1.165, 1.54) is 5.56 Å². The van der Waals surface area contributed by atoms with Crippen LogP contribution >= 0.6 is 0 Å². The van der Waals surface area contributed by atoms with Crippen LogP contribution in [-0.2, 0) is 17.9 Å². The first-order chi connectivity index (χ1) is 9.67. The van der Waals surface area contributed by atoms with Gasteiger partial charge in [-0.2, -0.15) is 0 Å². The average molecular weight is 277 g/mol. The van der Waals surface area contributed by atoms with E-state index in [0.29, 0.717) is 25.2 Å². The van der Waals surface area contributed by atoms with E-state index >= 15 is 0 Å². The molecule has 0 spiro atoms. The lowest BCUT2D eigenvalue weighted by Crippen LogP contribution is -2.38. The molecule has 1 unspecified atom stereocenters. The van der Waals surface area contributed by atoms with Crippen LogP contribution in [0, 0.1) is 0 Å². The summed E-state index contributed by atoms with van der Waals surface area (Å²) >= 11 is 0. The molecular weight excluding hydrogens is 250 g/mol. The van der Waals surface area contributed by atoms with E-state index in [9.17, 15) is 0 Å². The van der Waals surface area contributed by atoms with Crippen molar-refractivity contribution >= 4 is 5.96 Å². The summed E-state index contributed by atoms with van der Waals surface area (Å²) < 4.78 is 5.60. The van der Waals surface area contributed by atoms with Gasteiger partial charge in [0, 0.05) is 12.6 Å². The number of nitrogens with two attached hydrogens (primary N) is 1. The van der Waals surface area contributed by atoms with Crippen LogP contribution in [0.5, 0.6) is 0 Å². The van der Waals surface area contributed by atoms with Crippen LogP contribution < -0.4 is 11.1 Å². The first-order valence-corrected chi connectivity index (χ1v) is 7.38. The lowest BCUT2D eigenvalue weighted by Gasteiger charge is -2.12. The topological polar surface area (TPSA) is 59.6 Å². The summed E-state index contributed by atoms with van der Waals surface area (Å²) in [5.41, 5.74) is 8.22. The Kier molecular flexibility index (Phi) is 7.73. The summed E-state index contributed by atoms with van der Waals surface area (Å²) in [6, 6.07) is 8.55. The molecule has 20 heavy (non-hydrogen) atoms. The number of hydrogen-bond donors (Lipinski definition) is 2. The smallest absolute Gasteiger partial charge is 0.189 e. The predicted octanol–water partition coefficient (Wildman–Crippen LogP) is 2.82. The van der Waals surface area contributed by atoms with Gasteiger partial charge < -0.3 is 15.8 Å². The van der Waals surface area contributed by atoms with Crippen molar-refractivity contribution in [3.05, 3.63) is 35.4 Å². The maximum absolute atomic E-state index is 5.88. The number of aliphatic imine (C=N–C) groups is 1. The highest BCUT2D eigenvalue weighted by Gasteiger charge is 2.03. The molecule has 0 saturated heterocycles. The zero-order chi connectivity index (χ0) is 14.8. The van der Waals surface area contributed by atoms with E-state index in [2.05, 4.69) is 43.2 Å². The van der Waals surface area contributed by atoms with Crippen molar-refractivity contribution in [2.45, 2.75) is 52.8 Å². The second-order valence-electron chi connectivity index (χ2n) is 4.98.